The second-order valence-corrected chi connectivity index (χ2v) is 7.02. The summed E-state index contributed by atoms with van der Waals surface area (Å²) in [6, 6.07) is 9.84. The van der Waals surface area contributed by atoms with E-state index in [9.17, 15) is 9.18 Å². The van der Waals surface area contributed by atoms with Gasteiger partial charge in [0.05, 0.1) is 17.2 Å². The van der Waals surface area contributed by atoms with Crippen molar-refractivity contribution in [3.63, 3.8) is 0 Å². The molecule has 0 unspecified atom stereocenters. The molecule has 1 aliphatic rings. The Bertz CT molecular complexity index is 904. The highest BCUT2D eigenvalue weighted by molar-refractivity contribution is 7.13. The van der Waals surface area contributed by atoms with Gasteiger partial charge in [-0.05, 0) is 36.1 Å². The highest BCUT2D eigenvalue weighted by atomic mass is 32.1. The first-order valence-corrected chi connectivity index (χ1v) is 9.21. The highest BCUT2D eigenvalue weighted by Crippen LogP contribution is 2.25. The summed E-state index contributed by atoms with van der Waals surface area (Å²) in [6.07, 6.45) is 0.936. The maximum Gasteiger partial charge on any atom is 0.291 e. The van der Waals surface area contributed by atoms with Gasteiger partial charge in [-0.2, -0.15) is 0 Å². The third kappa shape index (κ3) is 3.51. The molecular formula is C18H17FN4O2S. The summed E-state index contributed by atoms with van der Waals surface area (Å²) in [5, 5.41) is 9.10. The summed E-state index contributed by atoms with van der Waals surface area (Å²) in [5.41, 5.74) is 0.518. The Morgan fingerprint density at radius 3 is 3.04 bits per heavy atom. The van der Waals surface area contributed by atoms with Crippen LogP contribution in [0.25, 0.3) is 16.4 Å². The fraction of sp³-hybridized carbons (Fsp3) is 0.278. The van der Waals surface area contributed by atoms with Crippen molar-refractivity contribution in [2.75, 3.05) is 19.8 Å². The van der Waals surface area contributed by atoms with E-state index in [4.69, 9.17) is 4.74 Å². The molecule has 3 aromatic rings. The van der Waals surface area contributed by atoms with Crippen molar-refractivity contribution in [1.82, 2.24) is 20.1 Å². The molecule has 3 heterocycles. The molecular weight excluding hydrogens is 355 g/mol. The number of hydrogen-bond acceptors (Lipinski definition) is 5. The molecule has 4 rings (SSSR count). The second-order valence-electron chi connectivity index (χ2n) is 6.07. The number of amides is 1. The van der Waals surface area contributed by atoms with E-state index in [1.54, 1.807) is 12.1 Å². The number of nitrogens with zero attached hydrogens (tertiary/aromatic N) is 3. The van der Waals surface area contributed by atoms with E-state index in [0.29, 0.717) is 30.6 Å². The van der Waals surface area contributed by atoms with Crippen LogP contribution in [0.2, 0.25) is 0 Å². The van der Waals surface area contributed by atoms with Crippen LogP contribution in [0.5, 0.6) is 0 Å². The topological polar surface area (TPSA) is 69.0 Å². The molecule has 0 radical (unpaired) electrons. The third-order valence-corrected chi connectivity index (χ3v) is 5.05. The predicted molar refractivity (Wildman–Crippen MR) is 95.9 cm³/mol. The van der Waals surface area contributed by atoms with E-state index >= 15 is 0 Å². The molecule has 0 bridgehead atoms. The molecule has 6 nitrogen and oxygen atoms in total. The van der Waals surface area contributed by atoms with Crippen LogP contribution in [-0.2, 0) is 4.74 Å². The van der Waals surface area contributed by atoms with Gasteiger partial charge in [-0.1, -0.05) is 12.1 Å². The molecule has 0 aliphatic carbocycles. The minimum absolute atomic E-state index is 0.0663. The Kier molecular flexibility index (Phi) is 4.77. The zero-order chi connectivity index (χ0) is 17.9. The number of benzene rings is 1. The van der Waals surface area contributed by atoms with E-state index in [-0.39, 0.29) is 17.5 Å². The Hall–Kier alpha value is -2.58. The van der Waals surface area contributed by atoms with Gasteiger partial charge in [-0.15, -0.1) is 16.4 Å². The van der Waals surface area contributed by atoms with Crippen LogP contribution in [0.3, 0.4) is 0 Å². The Labute approximate surface area is 153 Å². The van der Waals surface area contributed by atoms with Gasteiger partial charge in [0.15, 0.2) is 5.82 Å². The highest BCUT2D eigenvalue weighted by Gasteiger charge is 2.21. The lowest BCUT2D eigenvalue weighted by Crippen LogP contribution is -2.30. The van der Waals surface area contributed by atoms with E-state index < -0.39 is 0 Å². The molecule has 1 fully saturated rings. The number of hydrogen-bond donors (Lipinski definition) is 1. The molecule has 1 aliphatic heterocycles. The first-order chi connectivity index (χ1) is 12.7. The summed E-state index contributed by atoms with van der Waals surface area (Å²) in [6.45, 7) is 1.92. The van der Waals surface area contributed by atoms with Crippen molar-refractivity contribution in [1.29, 1.82) is 0 Å². The quantitative estimate of drug-likeness (QED) is 0.748. The number of ether oxygens (including phenoxy) is 1. The zero-order valence-electron chi connectivity index (χ0n) is 13.9. The standard InChI is InChI=1S/C18H17FN4O2S/c19-13-3-1-4-14(9-13)23-17(15-5-2-8-26-15)21-16(22-23)18(24)20-10-12-6-7-25-11-12/h1-5,8-9,12H,6-7,10-11H2,(H,20,24)/t12-/m1/s1. The molecule has 134 valence electrons. The first-order valence-electron chi connectivity index (χ1n) is 8.33. The summed E-state index contributed by atoms with van der Waals surface area (Å²) in [5.74, 6) is 0.185. The van der Waals surface area contributed by atoms with E-state index in [1.807, 2.05) is 17.5 Å². The van der Waals surface area contributed by atoms with Gasteiger partial charge in [-0.25, -0.2) is 14.1 Å². The molecule has 26 heavy (non-hydrogen) atoms. The minimum atomic E-state index is -0.373. The predicted octanol–water partition coefficient (Wildman–Crippen LogP) is 2.90. The molecule has 8 heteroatoms. The average molecular weight is 372 g/mol. The molecule has 1 amide bonds. The second kappa shape index (κ2) is 7.35. The van der Waals surface area contributed by atoms with Crippen molar-refractivity contribution in [3.05, 3.63) is 53.4 Å². The van der Waals surface area contributed by atoms with E-state index in [0.717, 1.165) is 17.9 Å². The van der Waals surface area contributed by atoms with Gasteiger partial charge in [0.25, 0.3) is 5.91 Å². The van der Waals surface area contributed by atoms with Crippen molar-refractivity contribution in [3.8, 4) is 16.4 Å². The smallest absolute Gasteiger partial charge is 0.291 e. The van der Waals surface area contributed by atoms with E-state index in [2.05, 4.69) is 15.4 Å². The van der Waals surface area contributed by atoms with Crippen LogP contribution < -0.4 is 5.32 Å². The molecule has 0 saturated carbocycles. The number of nitrogens with one attached hydrogen (secondary N) is 1. The van der Waals surface area contributed by atoms with Gasteiger partial charge in [0.2, 0.25) is 5.82 Å². The summed E-state index contributed by atoms with van der Waals surface area (Å²) in [7, 11) is 0. The number of rotatable bonds is 5. The van der Waals surface area contributed by atoms with Crippen LogP contribution in [-0.4, -0.2) is 40.4 Å². The van der Waals surface area contributed by atoms with Crippen molar-refractivity contribution < 1.29 is 13.9 Å². The molecule has 1 aromatic carbocycles. The Morgan fingerprint density at radius 1 is 1.38 bits per heavy atom. The Balaban J connectivity index is 1.63. The monoisotopic (exact) mass is 372 g/mol. The number of halogens is 1. The van der Waals surface area contributed by atoms with Crippen LogP contribution in [0.1, 0.15) is 17.0 Å². The van der Waals surface area contributed by atoms with Crippen molar-refractivity contribution >= 4 is 17.2 Å². The Morgan fingerprint density at radius 2 is 2.31 bits per heavy atom. The first kappa shape index (κ1) is 16.9. The molecule has 0 spiro atoms. The van der Waals surface area contributed by atoms with Gasteiger partial charge >= 0.3 is 0 Å². The fourth-order valence-electron chi connectivity index (χ4n) is 2.82. The zero-order valence-corrected chi connectivity index (χ0v) is 14.7. The maximum atomic E-state index is 13.6. The largest absolute Gasteiger partial charge is 0.381 e. The lowest BCUT2D eigenvalue weighted by Gasteiger charge is -2.07. The number of carbonyl (C=O) groups is 1. The SMILES string of the molecule is O=C(NC[C@H]1CCOC1)c1nc(-c2cccs2)n(-c2cccc(F)c2)n1. The summed E-state index contributed by atoms with van der Waals surface area (Å²) >= 11 is 1.48. The summed E-state index contributed by atoms with van der Waals surface area (Å²) in [4.78, 5) is 17.7. The van der Waals surface area contributed by atoms with Crippen LogP contribution in [0.4, 0.5) is 4.39 Å². The average Bonchev–Trinajstić information content (AvgIpc) is 3.40. The van der Waals surface area contributed by atoms with Crippen LogP contribution in [0, 0.1) is 11.7 Å². The van der Waals surface area contributed by atoms with Crippen molar-refractivity contribution in [2.24, 2.45) is 5.92 Å². The lowest BCUT2D eigenvalue weighted by molar-refractivity contribution is 0.0934. The number of aromatic nitrogens is 3. The number of carbonyl (C=O) groups excluding carboxylic acids is 1. The number of thiophene rings is 1. The van der Waals surface area contributed by atoms with Gasteiger partial charge in [0.1, 0.15) is 5.82 Å². The van der Waals surface area contributed by atoms with Crippen LogP contribution in [0.15, 0.2) is 41.8 Å². The van der Waals surface area contributed by atoms with E-state index in [1.165, 1.54) is 28.2 Å². The molecule has 1 N–H and O–H groups in total. The molecule has 1 atom stereocenters. The molecule has 1 saturated heterocycles. The van der Waals surface area contributed by atoms with Crippen molar-refractivity contribution in [2.45, 2.75) is 6.42 Å². The third-order valence-electron chi connectivity index (χ3n) is 4.18. The summed E-state index contributed by atoms with van der Waals surface area (Å²) < 4.78 is 20.5. The lowest BCUT2D eigenvalue weighted by atomic mass is 10.1. The van der Waals surface area contributed by atoms with Gasteiger partial charge in [0, 0.05) is 19.1 Å². The van der Waals surface area contributed by atoms with Gasteiger partial charge in [-0.3, -0.25) is 4.79 Å². The minimum Gasteiger partial charge on any atom is -0.381 e. The molecule has 2 aromatic heterocycles. The maximum absolute atomic E-state index is 13.6. The normalized spacial score (nSPS) is 16.7. The fourth-order valence-corrected chi connectivity index (χ4v) is 3.52. The van der Waals surface area contributed by atoms with Gasteiger partial charge < -0.3 is 10.1 Å². The van der Waals surface area contributed by atoms with Crippen LogP contribution >= 0.6 is 11.3 Å².